The summed E-state index contributed by atoms with van der Waals surface area (Å²) in [5.74, 6) is -0.127. The molecule has 0 bridgehead atoms. The van der Waals surface area contributed by atoms with E-state index in [1.807, 2.05) is 23.6 Å². The van der Waals surface area contributed by atoms with E-state index in [2.05, 4.69) is 27.9 Å². The molecule has 2 rings (SSSR count). The largest absolute Gasteiger partial charge is 0.320 e. The summed E-state index contributed by atoms with van der Waals surface area (Å²) in [5.41, 5.74) is 0.639. The van der Waals surface area contributed by atoms with Gasteiger partial charge in [0.05, 0.1) is 15.6 Å². The molecule has 1 amide bonds. The predicted molar refractivity (Wildman–Crippen MR) is 76.4 cm³/mol. The van der Waals surface area contributed by atoms with E-state index in [-0.39, 0.29) is 5.91 Å². The minimum absolute atomic E-state index is 0.127. The number of nitrogens with one attached hydrogen (secondary N) is 1. The fourth-order valence-electron chi connectivity index (χ4n) is 1.18. The lowest BCUT2D eigenvalue weighted by Gasteiger charge is -2.05. The standard InChI is InChI=1S/C11H7ClINOS/c12-8-6-7(13)3-4-9(8)14-11(15)10-2-1-5-16-10/h1-6H,(H,14,15). The molecule has 0 atom stereocenters. The first-order valence-electron chi connectivity index (χ1n) is 4.47. The molecule has 0 spiro atoms. The molecule has 0 unspecified atom stereocenters. The Bertz CT molecular complexity index is 513. The molecule has 5 heteroatoms. The van der Waals surface area contributed by atoms with Gasteiger partial charge in [0.1, 0.15) is 0 Å². The SMILES string of the molecule is O=C(Nc1ccc(I)cc1Cl)c1cccs1. The molecular formula is C11H7ClINOS. The lowest BCUT2D eigenvalue weighted by molar-refractivity contribution is 0.103. The molecule has 2 nitrogen and oxygen atoms in total. The Labute approximate surface area is 116 Å². The van der Waals surface area contributed by atoms with Crippen molar-refractivity contribution in [2.45, 2.75) is 0 Å². The van der Waals surface area contributed by atoms with Gasteiger partial charge in [0.15, 0.2) is 0 Å². The highest BCUT2D eigenvalue weighted by Crippen LogP contribution is 2.24. The lowest BCUT2D eigenvalue weighted by atomic mass is 10.3. The quantitative estimate of drug-likeness (QED) is 0.794. The maximum absolute atomic E-state index is 11.8. The summed E-state index contributed by atoms with van der Waals surface area (Å²) in [4.78, 5) is 12.4. The van der Waals surface area contributed by atoms with Crippen LogP contribution in [0.2, 0.25) is 5.02 Å². The van der Waals surface area contributed by atoms with Crippen molar-refractivity contribution in [3.05, 3.63) is 49.2 Å². The maximum atomic E-state index is 11.8. The van der Waals surface area contributed by atoms with E-state index >= 15 is 0 Å². The second kappa shape index (κ2) is 5.16. The van der Waals surface area contributed by atoms with Crippen LogP contribution in [0.3, 0.4) is 0 Å². The summed E-state index contributed by atoms with van der Waals surface area (Å²) >= 11 is 9.59. The van der Waals surface area contributed by atoms with Gasteiger partial charge in [-0.05, 0) is 52.2 Å². The van der Waals surface area contributed by atoms with Crippen LogP contribution in [0, 0.1) is 3.57 Å². The number of carbonyl (C=O) groups is 1. The Morgan fingerprint density at radius 1 is 1.38 bits per heavy atom. The zero-order chi connectivity index (χ0) is 11.5. The van der Waals surface area contributed by atoms with Crippen LogP contribution in [-0.2, 0) is 0 Å². The molecule has 0 saturated heterocycles. The van der Waals surface area contributed by atoms with Gasteiger partial charge >= 0.3 is 0 Å². The number of halogens is 2. The minimum Gasteiger partial charge on any atom is -0.320 e. The number of amides is 1. The van der Waals surface area contributed by atoms with E-state index in [0.29, 0.717) is 15.6 Å². The van der Waals surface area contributed by atoms with Crippen molar-refractivity contribution in [2.75, 3.05) is 5.32 Å². The van der Waals surface area contributed by atoms with Crippen molar-refractivity contribution in [1.29, 1.82) is 0 Å². The van der Waals surface area contributed by atoms with Crippen LogP contribution in [0.1, 0.15) is 9.67 Å². The van der Waals surface area contributed by atoms with E-state index in [0.717, 1.165) is 3.57 Å². The van der Waals surface area contributed by atoms with Crippen LogP contribution in [0.5, 0.6) is 0 Å². The molecule has 1 aromatic carbocycles. The van der Waals surface area contributed by atoms with Gasteiger partial charge < -0.3 is 5.32 Å². The van der Waals surface area contributed by atoms with Gasteiger partial charge in [0, 0.05) is 3.57 Å². The molecule has 0 fully saturated rings. The van der Waals surface area contributed by atoms with E-state index in [9.17, 15) is 4.79 Å². The Balaban J connectivity index is 2.18. The molecule has 16 heavy (non-hydrogen) atoms. The smallest absolute Gasteiger partial charge is 0.265 e. The maximum Gasteiger partial charge on any atom is 0.265 e. The normalized spacial score (nSPS) is 10.1. The molecule has 2 aromatic rings. The monoisotopic (exact) mass is 363 g/mol. The van der Waals surface area contributed by atoms with Crippen molar-refractivity contribution in [1.82, 2.24) is 0 Å². The lowest BCUT2D eigenvalue weighted by Crippen LogP contribution is -2.10. The van der Waals surface area contributed by atoms with Gasteiger partial charge in [-0.25, -0.2) is 0 Å². The van der Waals surface area contributed by atoms with Crippen molar-refractivity contribution in [2.24, 2.45) is 0 Å². The second-order valence-electron chi connectivity index (χ2n) is 3.06. The molecule has 82 valence electrons. The summed E-state index contributed by atoms with van der Waals surface area (Å²) in [5, 5.41) is 5.19. The number of carbonyl (C=O) groups excluding carboxylic acids is 1. The average Bonchev–Trinajstić information content (AvgIpc) is 2.75. The number of anilines is 1. The summed E-state index contributed by atoms with van der Waals surface area (Å²) in [6, 6.07) is 9.13. The average molecular weight is 364 g/mol. The highest BCUT2D eigenvalue weighted by molar-refractivity contribution is 14.1. The second-order valence-corrected chi connectivity index (χ2v) is 5.66. The molecule has 1 N–H and O–H groups in total. The van der Waals surface area contributed by atoms with E-state index < -0.39 is 0 Å². The highest BCUT2D eigenvalue weighted by atomic mass is 127. The van der Waals surface area contributed by atoms with E-state index in [1.54, 1.807) is 12.1 Å². The first-order chi connectivity index (χ1) is 7.66. The van der Waals surface area contributed by atoms with Gasteiger partial charge in [-0.1, -0.05) is 17.7 Å². The summed E-state index contributed by atoms with van der Waals surface area (Å²) < 4.78 is 1.04. The van der Waals surface area contributed by atoms with Crippen LogP contribution in [0.15, 0.2) is 35.7 Å². The Kier molecular flexibility index (Phi) is 3.83. The fraction of sp³-hybridized carbons (Fsp3) is 0. The third-order valence-corrected chi connectivity index (χ3v) is 3.78. The number of rotatable bonds is 2. The molecule has 1 heterocycles. The van der Waals surface area contributed by atoms with E-state index in [1.165, 1.54) is 11.3 Å². The number of hydrogen-bond donors (Lipinski definition) is 1. The molecule has 0 saturated carbocycles. The first kappa shape index (κ1) is 11.9. The first-order valence-corrected chi connectivity index (χ1v) is 6.80. The summed E-state index contributed by atoms with van der Waals surface area (Å²) in [7, 11) is 0. The van der Waals surface area contributed by atoms with Crippen LogP contribution in [0.25, 0.3) is 0 Å². The molecule has 0 aliphatic carbocycles. The number of benzene rings is 1. The van der Waals surface area contributed by atoms with Crippen LogP contribution in [-0.4, -0.2) is 5.91 Å². The van der Waals surface area contributed by atoms with Crippen molar-refractivity contribution in [3.63, 3.8) is 0 Å². The molecule has 1 aromatic heterocycles. The van der Waals surface area contributed by atoms with Crippen molar-refractivity contribution in [3.8, 4) is 0 Å². The van der Waals surface area contributed by atoms with Gasteiger partial charge in [-0.3, -0.25) is 4.79 Å². The van der Waals surface area contributed by atoms with Crippen molar-refractivity contribution < 1.29 is 4.79 Å². The Morgan fingerprint density at radius 2 is 2.19 bits per heavy atom. The highest BCUT2D eigenvalue weighted by Gasteiger charge is 2.08. The fourth-order valence-corrected chi connectivity index (χ4v) is 2.70. The van der Waals surface area contributed by atoms with Crippen LogP contribution in [0.4, 0.5) is 5.69 Å². The summed E-state index contributed by atoms with van der Waals surface area (Å²) in [6.07, 6.45) is 0. The third kappa shape index (κ3) is 2.75. The minimum atomic E-state index is -0.127. The molecule has 0 radical (unpaired) electrons. The van der Waals surface area contributed by atoms with Gasteiger partial charge in [0.25, 0.3) is 5.91 Å². The predicted octanol–water partition coefficient (Wildman–Crippen LogP) is 4.26. The number of hydrogen-bond acceptors (Lipinski definition) is 2. The molecular weight excluding hydrogens is 357 g/mol. The topological polar surface area (TPSA) is 29.1 Å². The Hall–Kier alpha value is -0.590. The number of thiophene rings is 1. The van der Waals surface area contributed by atoms with Crippen molar-refractivity contribution >= 4 is 57.1 Å². The van der Waals surface area contributed by atoms with Gasteiger partial charge in [-0.2, -0.15) is 0 Å². The molecule has 0 aliphatic heterocycles. The third-order valence-electron chi connectivity index (χ3n) is 1.92. The molecule has 0 aliphatic rings. The summed E-state index contributed by atoms with van der Waals surface area (Å²) in [6.45, 7) is 0. The zero-order valence-corrected chi connectivity index (χ0v) is 11.8. The van der Waals surface area contributed by atoms with Crippen LogP contribution < -0.4 is 5.32 Å². The van der Waals surface area contributed by atoms with Gasteiger partial charge in [0.2, 0.25) is 0 Å². The van der Waals surface area contributed by atoms with Crippen LogP contribution >= 0.6 is 45.5 Å². The van der Waals surface area contributed by atoms with Gasteiger partial charge in [-0.15, -0.1) is 11.3 Å². The zero-order valence-electron chi connectivity index (χ0n) is 8.04. The van der Waals surface area contributed by atoms with E-state index in [4.69, 9.17) is 11.6 Å². The Morgan fingerprint density at radius 3 is 2.81 bits per heavy atom.